The molecule has 2 rings (SSSR count). The number of amides is 1. The second-order valence-electron chi connectivity index (χ2n) is 5.58. The molecule has 22 heavy (non-hydrogen) atoms. The lowest BCUT2D eigenvalue weighted by Crippen LogP contribution is -2.45. The molecule has 6 nitrogen and oxygen atoms in total. The number of hydrogen-bond acceptors (Lipinski definition) is 3. The van der Waals surface area contributed by atoms with Crippen LogP contribution in [0.5, 0.6) is 0 Å². The molecule has 0 saturated heterocycles. The van der Waals surface area contributed by atoms with Gasteiger partial charge in [-0.1, -0.05) is 11.6 Å². The molecule has 0 spiro atoms. The van der Waals surface area contributed by atoms with Crippen molar-refractivity contribution in [2.45, 2.75) is 39.4 Å². The fraction of sp³-hybridized carbons (Fsp3) is 0.500. The van der Waals surface area contributed by atoms with Gasteiger partial charge in [0.1, 0.15) is 5.54 Å². The second kappa shape index (κ2) is 6.42. The van der Waals surface area contributed by atoms with E-state index in [2.05, 4.69) is 26.1 Å². The maximum Gasteiger partial charge on any atom is 0.250 e. The van der Waals surface area contributed by atoms with E-state index in [1.165, 1.54) is 6.20 Å². The molecule has 0 aliphatic heterocycles. The van der Waals surface area contributed by atoms with Crippen molar-refractivity contribution < 1.29 is 4.79 Å². The molecule has 8 heteroatoms. The molecule has 1 amide bonds. The minimum absolute atomic E-state index is 0.0528. The summed E-state index contributed by atoms with van der Waals surface area (Å²) in [6.07, 6.45) is 4.93. The minimum atomic E-state index is -0.814. The molecule has 0 unspecified atom stereocenters. The van der Waals surface area contributed by atoms with Gasteiger partial charge in [0.25, 0.3) is 0 Å². The number of rotatable bonds is 5. The van der Waals surface area contributed by atoms with E-state index >= 15 is 0 Å². The summed E-state index contributed by atoms with van der Waals surface area (Å²) >= 11 is 9.38. The Morgan fingerprint density at radius 1 is 1.41 bits per heavy atom. The van der Waals surface area contributed by atoms with Gasteiger partial charge in [0.2, 0.25) is 5.91 Å². The third-order valence-electron chi connectivity index (χ3n) is 3.58. The summed E-state index contributed by atoms with van der Waals surface area (Å²) in [5, 5.41) is 8.93. The predicted octanol–water partition coefficient (Wildman–Crippen LogP) is 2.91. The van der Waals surface area contributed by atoms with Crippen molar-refractivity contribution in [1.29, 1.82) is 0 Å². The van der Waals surface area contributed by atoms with E-state index in [-0.39, 0.29) is 5.91 Å². The zero-order valence-corrected chi connectivity index (χ0v) is 15.4. The molecule has 0 radical (unpaired) electrons. The molecule has 120 valence electrons. The average Bonchev–Trinajstić information content (AvgIpc) is 3.05. The van der Waals surface area contributed by atoms with Gasteiger partial charge in [0.05, 0.1) is 34.1 Å². The lowest BCUT2D eigenvalue weighted by atomic mass is 10.0. The van der Waals surface area contributed by atoms with Gasteiger partial charge in [0, 0.05) is 19.8 Å². The summed E-state index contributed by atoms with van der Waals surface area (Å²) in [5.41, 5.74) is 0.151. The Bertz CT molecular complexity index is 679. The lowest BCUT2D eigenvalue weighted by molar-refractivity contribution is -0.139. The Hall–Kier alpha value is -1.34. The number of nitrogens with zero attached hydrogens (tertiary/aromatic N) is 5. The first-order chi connectivity index (χ1) is 10.3. The summed E-state index contributed by atoms with van der Waals surface area (Å²) in [4.78, 5) is 14.5. The number of carbonyl (C=O) groups excluding carboxylic acids is 1. The van der Waals surface area contributed by atoms with E-state index in [4.69, 9.17) is 11.6 Å². The van der Waals surface area contributed by atoms with Crippen molar-refractivity contribution in [3.63, 3.8) is 0 Å². The van der Waals surface area contributed by atoms with Gasteiger partial charge in [0.15, 0.2) is 0 Å². The van der Waals surface area contributed by atoms with Gasteiger partial charge in [-0.05, 0) is 36.7 Å². The molecule has 0 aliphatic rings. The topological polar surface area (TPSA) is 56.0 Å². The Morgan fingerprint density at radius 3 is 2.64 bits per heavy atom. The molecule has 2 aromatic rings. The number of hydrogen-bond donors (Lipinski definition) is 0. The smallest absolute Gasteiger partial charge is 0.250 e. The van der Waals surface area contributed by atoms with Crippen LogP contribution in [0.4, 0.5) is 0 Å². The highest BCUT2D eigenvalue weighted by atomic mass is 79.9. The van der Waals surface area contributed by atoms with Crippen molar-refractivity contribution in [2.75, 3.05) is 7.05 Å². The molecule has 0 saturated carbocycles. The first kappa shape index (κ1) is 17.0. The summed E-state index contributed by atoms with van der Waals surface area (Å²) in [5.74, 6) is -0.0528. The highest BCUT2D eigenvalue weighted by Crippen LogP contribution is 2.23. The highest BCUT2D eigenvalue weighted by molar-refractivity contribution is 9.10. The number of halogens is 2. The first-order valence-corrected chi connectivity index (χ1v) is 8.10. The zero-order valence-electron chi connectivity index (χ0n) is 13.0. The lowest BCUT2D eigenvalue weighted by Gasteiger charge is -2.29. The number of carbonyl (C=O) groups is 1. The summed E-state index contributed by atoms with van der Waals surface area (Å²) in [6.45, 7) is 6.87. The van der Waals surface area contributed by atoms with Crippen molar-refractivity contribution in [1.82, 2.24) is 24.5 Å². The molecule has 2 heterocycles. The molecular weight excluding hydrogens is 370 g/mol. The quantitative estimate of drug-likeness (QED) is 0.791. The third kappa shape index (κ3) is 3.20. The Labute approximate surface area is 143 Å². The van der Waals surface area contributed by atoms with Crippen LogP contribution >= 0.6 is 27.5 Å². The van der Waals surface area contributed by atoms with E-state index < -0.39 is 5.54 Å². The van der Waals surface area contributed by atoms with Crippen molar-refractivity contribution in [3.05, 3.63) is 33.8 Å². The monoisotopic (exact) mass is 387 g/mol. The van der Waals surface area contributed by atoms with Gasteiger partial charge in [-0.15, -0.1) is 0 Å². The van der Waals surface area contributed by atoms with E-state index in [9.17, 15) is 4.79 Å². The fourth-order valence-electron chi connectivity index (χ4n) is 2.29. The van der Waals surface area contributed by atoms with Gasteiger partial charge in [-0.3, -0.25) is 14.2 Å². The number of likely N-dealkylation sites (N-methyl/N-ethyl adjacent to an activating group) is 1. The van der Waals surface area contributed by atoms with Gasteiger partial charge in [-0.25, -0.2) is 0 Å². The standard InChI is InChI=1S/C14H19BrClN5O/c1-5-20-12(11(15)7-17-20)9-19(4)13(22)14(2,3)21-8-10(16)6-18-21/h6-8H,5,9H2,1-4H3. The molecule has 0 N–H and O–H groups in total. The molecule has 2 aromatic heterocycles. The van der Waals surface area contributed by atoms with Crippen LogP contribution in [0, 0.1) is 0 Å². The Balaban J connectivity index is 2.20. The van der Waals surface area contributed by atoms with Crippen molar-refractivity contribution in [3.8, 4) is 0 Å². The summed E-state index contributed by atoms with van der Waals surface area (Å²) in [7, 11) is 1.77. The predicted molar refractivity (Wildman–Crippen MR) is 88.6 cm³/mol. The molecule has 0 fully saturated rings. The molecule has 0 atom stereocenters. The van der Waals surface area contributed by atoms with Crippen molar-refractivity contribution >= 4 is 33.4 Å². The molecule has 0 bridgehead atoms. The van der Waals surface area contributed by atoms with Gasteiger partial charge < -0.3 is 4.90 Å². The molecule has 0 aliphatic carbocycles. The van der Waals surface area contributed by atoms with Crippen LogP contribution in [0.2, 0.25) is 5.02 Å². The fourth-order valence-corrected chi connectivity index (χ4v) is 2.84. The van der Waals surface area contributed by atoms with Crippen LogP contribution < -0.4 is 0 Å². The van der Waals surface area contributed by atoms with Crippen LogP contribution in [-0.2, 0) is 23.4 Å². The molecular formula is C14H19BrClN5O. The minimum Gasteiger partial charge on any atom is -0.338 e. The van der Waals surface area contributed by atoms with Crippen LogP contribution in [-0.4, -0.2) is 37.4 Å². The second-order valence-corrected chi connectivity index (χ2v) is 6.87. The Morgan fingerprint density at radius 2 is 2.09 bits per heavy atom. The van der Waals surface area contributed by atoms with E-state index in [0.29, 0.717) is 11.6 Å². The largest absolute Gasteiger partial charge is 0.338 e. The SMILES string of the molecule is CCn1ncc(Br)c1CN(C)C(=O)C(C)(C)n1cc(Cl)cn1. The average molecular weight is 389 g/mol. The van der Waals surface area contributed by atoms with Crippen LogP contribution in [0.3, 0.4) is 0 Å². The normalized spacial score (nSPS) is 11.7. The van der Waals surface area contributed by atoms with Crippen LogP contribution in [0.1, 0.15) is 26.5 Å². The van der Waals surface area contributed by atoms with Gasteiger partial charge >= 0.3 is 0 Å². The zero-order chi connectivity index (χ0) is 16.5. The van der Waals surface area contributed by atoms with E-state index in [1.807, 2.05) is 25.5 Å². The number of aromatic nitrogens is 4. The maximum atomic E-state index is 12.8. The Kier molecular flexibility index (Phi) is 4.97. The third-order valence-corrected chi connectivity index (χ3v) is 4.44. The summed E-state index contributed by atoms with van der Waals surface area (Å²) in [6, 6.07) is 0. The maximum absolute atomic E-state index is 12.8. The van der Waals surface area contributed by atoms with E-state index in [0.717, 1.165) is 16.7 Å². The highest BCUT2D eigenvalue weighted by Gasteiger charge is 2.33. The summed E-state index contributed by atoms with van der Waals surface area (Å²) < 4.78 is 4.35. The van der Waals surface area contributed by atoms with Crippen LogP contribution in [0.15, 0.2) is 23.1 Å². The van der Waals surface area contributed by atoms with Crippen LogP contribution in [0.25, 0.3) is 0 Å². The van der Waals surface area contributed by atoms with Gasteiger partial charge in [-0.2, -0.15) is 10.2 Å². The van der Waals surface area contributed by atoms with Crippen molar-refractivity contribution in [2.24, 2.45) is 0 Å². The first-order valence-electron chi connectivity index (χ1n) is 6.93. The molecule has 0 aromatic carbocycles. The number of aryl methyl sites for hydroxylation is 1. The van der Waals surface area contributed by atoms with E-state index in [1.54, 1.807) is 29.0 Å².